The molecular formula is C14H20FNO3. The molecule has 1 unspecified atom stereocenters. The molecule has 1 aromatic carbocycles. The Morgan fingerprint density at radius 3 is 2.63 bits per heavy atom. The van der Waals surface area contributed by atoms with Crippen molar-refractivity contribution in [3.8, 4) is 5.75 Å². The quantitative estimate of drug-likeness (QED) is 0.828. The third-order valence-corrected chi connectivity index (χ3v) is 2.93. The summed E-state index contributed by atoms with van der Waals surface area (Å²) < 4.78 is 18.6. The van der Waals surface area contributed by atoms with Gasteiger partial charge in [0.05, 0.1) is 6.61 Å². The van der Waals surface area contributed by atoms with Gasteiger partial charge in [0.15, 0.2) is 18.2 Å². The summed E-state index contributed by atoms with van der Waals surface area (Å²) in [6.07, 6.45) is 0. The summed E-state index contributed by atoms with van der Waals surface area (Å²) in [4.78, 5) is 11.6. The van der Waals surface area contributed by atoms with Crippen LogP contribution >= 0.6 is 0 Å². The van der Waals surface area contributed by atoms with Gasteiger partial charge in [0, 0.05) is 6.04 Å². The number of ether oxygens (including phenoxy) is 1. The lowest BCUT2D eigenvalue weighted by Gasteiger charge is -2.17. The minimum Gasteiger partial charge on any atom is -0.481 e. The Morgan fingerprint density at radius 2 is 2.11 bits per heavy atom. The number of benzene rings is 1. The minimum absolute atomic E-state index is 0.00421. The van der Waals surface area contributed by atoms with Gasteiger partial charge in [-0.15, -0.1) is 0 Å². The maximum Gasteiger partial charge on any atom is 0.258 e. The molecule has 1 aromatic rings. The third-order valence-electron chi connectivity index (χ3n) is 2.93. The van der Waals surface area contributed by atoms with Crippen LogP contribution in [0.3, 0.4) is 0 Å². The molecule has 5 heteroatoms. The molecule has 4 nitrogen and oxygen atoms in total. The predicted molar refractivity (Wildman–Crippen MR) is 70.3 cm³/mol. The number of halogens is 1. The van der Waals surface area contributed by atoms with Gasteiger partial charge in [0.1, 0.15) is 0 Å². The monoisotopic (exact) mass is 269 g/mol. The van der Waals surface area contributed by atoms with Gasteiger partial charge in [0.2, 0.25) is 0 Å². The fraction of sp³-hybridized carbons (Fsp3) is 0.500. The molecule has 0 aliphatic rings. The average molecular weight is 269 g/mol. The van der Waals surface area contributed by atoms with E-state index >= 15 is 0 Å². The van der Waals surface area contributed by atoms with Crippen molar-refractivity contribution in [1.82, 2.24) is 5.32 Å². The summed E-state index contributed by atoms with van der Waals surface area (Å²) in [5.41, 5.74) is 0.461. The Labute approximate surface area is 112 Å². The van der Waals surface area contributed by atoms with Crippen LogP contribution in [0.4, 0.5) is 4.39 Å². The van der Waals surface area contributed by atoms with Crippen LogP contribution in [0.5, 0.6) is 5.75 Å². The highest BCUT2D eigenvalue weighted by Crippen LogP contribution is 2.18. The molecule has 0 aliphatic heterocycles. The molecule has 0 heterocycles. The van der Waals surface area contributed by atoms with Crippen molar-refractivity contribution in [3.63, 3.8) is 0 Å². The Balaban J connectivity index is 2.50. The van der Waals surface area contributed by atoms with Crippen LogP contribution in [0.1, 0.15) is 26.3 Å². The SMILES string of the molecule is CC(C)C(C)NC(=O)COc1ccc(CO)cc1F. The zero-order chi connectivity index (χ0) is 14.4. The molecule has 106 valence electrons. The fourth-order valence-corrected chi connectivity index (χ4v) is 1.37. The Morgan fingerprint density at radius 1 is 1.42 bits per heavy atom. The highest BCUT2D eigenvalue weighted by Gasteiger charge is 2.12. The molecule has 0 bridgehead atoms. The van der Waals surface area contributed by atoms with E-state index in [4.69, 9.17) is 9.84 Å². The van der Waals surface area contributed by atoms with E-state index in [2.05, 4.69) is 5.32 Å². The highest BCUT2D eigenvalue weighted by atomic mass is 19.1. The third kappa shape index (κ3) is 4.87. The number of carbonyl (C=O) groups is 1. The largest absolute Gasteiger partial charge is 0.481 e. The molecule has 1 amide bonds. The van der Waals surface area contributed by atoms with Crippen molar-refractivity contribution >= 4 is 5.91 Å². The van der Waals surface area contributed by atoms with Gasteiger partial charge in [-0.1, -0.05) is 19.9 Å². The molecule has 0 radical (unpaired) electrons. The van der Waals surface area contributed by atoms with Gasteiger partial charge >= 0.3 is 0 Å². The standard InChI is InChI=1S/C14H20FNO3/c1-9(2)10(3)16-14(18)8-19-13-5-4-11(7-17)6-12(13)15/h4-6,9-10,17H,7-8H2,1-3H3,(H,16,18). The number of aliphatic hydroxyl groups excluding tert-OH is 1. The summed E-state index contributed by atoms with van der Waals surface area (Å²) >= 11 is 0. The Kier molecular flexibility index (Phi) is 5.76. The molecule has 0 saturated heterocycles. The first kappa shape index (κ1) is 15.4. The maximum atomic E-state index is 13.5. The van der Waals surface area contributed by atoms with E-state index in [0.717, 1.165) is 0 Å². The lowest BCUT2D eigenvalue weighted by atomic mass is 10.1. The second-order valence-corrected chi connectivity index (χ2v) is 4.81. The Hall–Kier alpha value is -1.62. The number of nitrogens with one attached hydrogen (secondary N) is 1. The number of aliphatic hydroxyl groups is 1. The zero-order valence-electron chi connectivity index (χ0n) is 11.4. The molecule has 1 rings (SSSR count). The minimum atomic E-state index is -0.587. The molecular weight excluding hydrogens is 249 g/mol. The number of amides is 1. The number of hydrogen-bond donors (Lipinski definition) is 2. The van der Waals surface area contributed by atoms with Crippen LogP contribution in [0, 0.1) is 11.7 Å². The van der Waals surface area contributed by atoms with E-state index in [9.17, 15) is 9.18 Å². The van der Waals surface area contributed by atoms with E-state index in [-0.39, 0.29) is 30.9 Å². The van der Waals surface area contributed by atoms with Gasteiger partial charge in [-0.05, 0) is 30.5 Å². The highest BCUT2D eigenvalue weighted by molar-refractivity contribution is 5.77. The van der Waals surface area contributed by atoms with Crippen LogP contribution in [-0.2, 0) is 11.4 Å². The first-order valence-electron chi connectivity index (χ1n) is 6.25. The summed E-state index contributed by atoms with van der Waals surface area (Å²) in [5, 5.41) is 11.6. The van der Waals surface area contributed by atoms with E-state index in [1.807, 2.05) is 20.8 Å². The fourth-order valence-electron chi connectivity index (χ4n) is 1.37. The lowest BCUT2D eigenvalue weighted by Crippen LogP contribution is -2.39. The van der Waals surface area contributed by atoms with Crippen LogP contribution in [0.25, 0.3) is 0 Å². The van der Waals surface area contributed by atoms with Crippen molar-refractivity contribution in [1.29, 1.82) is 0 Å². The van der Waals surface area contributed by atoms with Crippen molar-refractivity contribution in [3.05, 3.63) is 29.6 Å². The van der Waals surface area contributed by atoms with E-state index < -0.39 is 5.82 Å². The first-order valence-corrected chi connectivity index (χ1v) is 6.25. The molecule has 0 aromatic heterocycles. The summed E-state index contributed by atoms with van der Waals surface area (Å²) in [6.45, 7) is 5.44. The summed E-state index contributed by atoms with van der Waals surface area (Å²) in [5.74, 6) is -0.544. The van der Waals surface area contributed by atoms with Crippen LogP contribution in [0.15, 0.2) is 18.2 Å². The Bertz CT molecular complexity index is 435. The van der Waals surface area contributed by atoms with Crippen LogP contribution in [-0.4, -0.2) is 23.7 Å². The number of carbonyl (C=O) groups excluding carboxylic acids is 1. The van der Waals surface area contributed by atoms with Gasteiger partial charge in [0.25, 0.3) is 5.91 Å². The van der Waals surface area contributed by atoms with Crippen molar-refractivity contribution in [2.75, 3.05) is 6.61 Å². The van der Waals surface area contributed by atoms with Crippen LogP contribution < -0.4 is 10.1 Å². The van der Waals surface area contributed by atoms with Crippen molar-refractivity contribution in [2.45, 2.75) is 33.4 Å². The molecule has 19 heavy (non-hydrogen) atoms. The number of hydrogen-bond acceptors (Lipinski definition) is 3. The van der Waals surface area contributed by atoms with Crippen molar-refractivity contribution in [2.24, 2.45) is 5.92 Å². The first-order chi connectivity index (χ1) is 8.93. The second-order valence-electron chi connectivity index (χ2n) is 4.81. The van der Waals surface area contributed by atoms with Crippen molar-refractivity contribution < 1.29 is 19.0 Å². The van der Waals surface area contributed by atoms with Gasteiger partial charge in [-0.3, -0.25) is 4.79 Å². The molecule has 2 N–H and O–H groups in total. The van der Waals surface area contributed by atoms with Gasteiger partial charge in [-0.25, -0.2) is 4.39 Å². The van der Waals surface area contributed by atoms with Gasteiger partial charge in [-0.2, -0.15) is 0 Å². The maximum absolute atomic E-state index is 13.5. The molecule has 0 saturated carbocycles. The van der Waals surface area contributed by atoms with E-state index in [1.54, 1.807) is 6.07 Å². The molecule has 0 spiro atoms. The molecule has 0 fully saturated rings. The van der Waals surface area contributed by atoms with Crippen LogP contribution in [0.2, 0.25) is 0 Å². The summed E-state index contributed by atoms with van der Waals surface area (Å²) in [7, 11) is 0. The summed E-state index contributed by atoms with van der Waals surface area (Å²) in [6, 6.07) is 4.18. The smallest absolute Gasteiger partial charge is 0.258 e. The second kappa shape index (κ2) is 7.09. The molecule has 0 aliphatic carbocycles. The zero-order valence-corrected chi connectivity index (χ0v) is 11.4. The lowest BCUT2D eigenvalue weighted by molar-refractivity contribution is -0.124. The molecule has 1 atom stereocenters. The van der Waals surface area contributed by atoms with Gasteiger partial charge < -0.3 is 15.2 Å². The topological polar surface area (TPSA) is 58.6 Å². The average Bonchev–Trinajstić information content (AvgIpc) is 2.36. The van der Waals surface area contributed by atoms with E-state index in [0.29, 0.717) is 11.5 Å². The number of rotatable bonds is 6. The van der Waals surface area contributed by atoms with E-state index in [1.165, 1.54) is 12.1 Å². The predicted octanol–water partition coefficient (Wildman–Crippen LogP) is 1.86. The normalized spacial score (nSPS) is 12.3.